The third kappa shape index (κ3) is 5.54. The van der Waals surface area contributed by atoms with E-state index in [1.54, 1.807) is 0 Å². The second-order valence-corrected chi connectivity index (χ2v) is 16.8. The lowest BCUT2D eigenvalue weighted by Gasteiger charge is -2.13. The predicted octanol–water partition coefficient (Wildman–Crippen LogP) is 17.4. The summed E-state index contributed by atoms with van der Waals surface area (Å²) in [7, 11) is 0. The Morgan fingerprint density at radius 3 is 1.16 bits per heavy atom. The van der Waals surface area contributed by atoms with Crippen LogP contribution in [-0.4, -0.2) is 0 Å². The number of benzene rings is 12. The molecule has 0 spiro atoms. The Morgan fingerprint density at radius 1 is 0.161 bits per heavy atom. The van der Waals surface area contributed by atoms with Gasteiger partial charge in [-0.15, -0.1) is 0 Å². The smallest absolute Gasteiger partial charge is 0.00201 e. The van der Waals surface area contributed by atoms with Gasteiger partial charge in [-0.25, -0.2) is 0 Å². The van der Waals surface area contributed by atoms with Gasteiger partial charge in [-0.2, -0.15) is 0 Å². The topological polar surface area (TPSA) is 0 Å². The van der Waals surface area contributed by atoms with Gasteiger partial charge in [0.25, 0.3) is 0 Å². The molecule has 0 aromatic heterocycles. The van der Waals surface area contributed by atoms with Crippen LogP contribution in [0.3, 0.4) is 0 Å². The molecule has 0 heterocycles. The monoisotopic (exact) mass is 782 g/mol. The van der Waals surface area contributed by atoms with Gasteiger partial charge in [-0.05, 0) is 174 Å². The van der Waals surface area contributed by atoms with E-state index in [-0.39, 0.29) is 0 Å². The zero-order chi connectivity index (χ0) is 40.7. The minimum absolute atomic E-state index is 1.22. The van der Waals surface area contributed by atoms with Crippen molar-refractivity contribution in [3.63, 3.8) is 0 Å². The Bertz CT molecular complexity index is 3780. The van der Waals surface area contributed by atoms with E-state index in [1.165, 1.54) is 132 Å². The van der Waals surface area contributed by atoms with Crippen molar-refractivity contribution >= 4 is 53.9 Å². The molecule has 0 unspecified atom stereocenters. The number of hydrogen-bond acceptors (Lipinski definition) is 0. The maximum absolute atomic E-state index is 2.35. The first kappa shape index (κ1) is 34.8. The molecule has 0 atom stereocenters. The number of rotatable bonds is 5. The Labute approximate surface area is 360 Å². The summed E-state index contributed by atoms with van der Waals surface area (Å²) in [5.41, 5.74) is 17.7. The van der Waals surface area contributed by atoms with E-state index in [0.29, 0.717) is 0 Å². The van der Waals surface area contributed by atoms with Gasteiger partial charge in [0, 0.05) is 0 Å². The second-order valence-electron chi connectivity index (χ2n) is 16.8. The molecule has 13 rings (SSSR count). The van der Waals surface area contributed by atoms with Gasteiger partial charge < -0.3 is 0 Å². The number of hydrogen-bond donors (Lipinski definition) is 0. The standard InChI is InChI=1S/C62H38/c1-2-15-52-51(10-1)38-61(57-19-6-3-16-54(52)57)50-14-8-12-40(37-50)42-23-25-46-35-48(29-27-44(46)33-42)47-28-26-43-32-41(22-24-45(43)34-47)39-11-7-13-49(36-39)53-30-31-60-56-18-5-4-17-55(56)59-21-9-20-58(53)62(59)60/h1-38H. The van der Waals surface area contributed by atoms with Gasteiger partial charge in [0.15, 0.2) is 0 Å². The largest absolute Gasteiger partial charge is 0.0616 e. The Kier molecular flexibility index (Phi) is 7.71. The molecule has 0 N–H and O–H groups in total. The van der Waals surface area contributed by atoms with E-state index in [1.807, 2.05) is 0 Å². The molecule has 286 valence electrons. The summed E-state index contributed by atoms with van der Waals surface area (Å²) < 4.78 is 0. The van der Waals surface area contributed by atoms with Crippen LogP contribution >= 0.6 is 0 Å². The van der Waals surface area contributed by atoms with E-state index in [9.17, 15) is 0 Å². The summed E-state index contributed by atoms with van der Waals surface area (Å²) in [4.78, 5) is 0. The van der Waals surface area contributed by atoms with Gasteiger partial charge in [0.05, 0.1) is 0 Å². The van der Waals surface area contributed by atoms with Crippen LogP contribution in [-0.2, 0) is 0 Å². The average Bonchev–Trinajstić information content (AvgIpc) is 3.68. The fraction of sp³-hybridized carbons (Fsp3) is 0. The van der Waals surface area contributed by atoms with Crippen molar-refractivity contribution in [2.45, 2.75) is 0 Å². The fourth-order valence-corrected chi connectivity index (χ4v) is 10.3. The van der Waals surface area contributed by atoms with Gasteiger partial charge >= 0.3 is 0 Å². The molecule has 0 amide bonds. The van der Waals surface area contributed by atoms with E-state index in [0.717, 1.165) is 0 Å². The van der Waals surface area contributed by atoms with Crippen molar-refractivity contribution in [3.05, 3.63) is 231 Å². The lowest BCUT2D eigenvalue weighted by atomic mass is 9.91. The highest BCUT2D eigenvalue weighted by Gasteiger charge is 2.22. The molecule has 1 aliphatic carbocycles. The highest BCUT2D eigenvalue weighted by molar-refractivity contribution is 6.19. The average molecular weight is 783 g/mol. The normalized spacial score (nSPS) is 11.9. The van der Waals surface area contributed by atoms with Crippen molar-refractivity contribution in [2.75, 3.05) is 0 Å². The van der Waals surface area contributed by atoms with E-state index in [2.05, 4.69) is 231 Å². The first-order chi connectivity index (χ1) is 30.7. The van der Waals surface area contributed by atoms with Crippen molar-refractivity contribution in [3.8, 4) is 77.9 Å². The molecule has 0 aliphatic heterocycles. The van der Waals surface area contributed by atoms with Gasteiger partial charge in [-0.3, -0.25) is 0 Å². The molecule has 0 heteroatoms. The van der Waals surface area contributed by atoms with Crippen molar-refractivity contribution < 1.29 is 0 Å². The summed E-state index contributed by atoms with van der Waals surface area (Å²) in [6.07, 6.45) is 0. The van der Waals surface area contributed by atoms with Crippen LogP contribution in [0.1, 0.15) is 0 Å². The molecule has 0 nitrogen and oxygen atoms in total. The Balaban J connectivity index is 0.792. The summed E-state index contributed by atoms with van der Waals surface area (Å²) in [5, 5.41) is 12.8. The Morgan fingerprint density at radius 2 is 0.565 bits per heavy atom. The summed E-state index contributed by atoms with van der Waals surface area (Å²) in [6, 6.07) is 85.5. The fourth-order valence-electron chi connectivity index (χ4n) is 10.3. The van der Waals surface area contributed by atoms with Crippen molar-refractivity contribution in [1.82, 2.24) is 0 Å². The molecular formula is C62H38. The van der Waals surface area contributed by atoms with Crippen LogP contribution in [0.15, 0.2) is 231 Å². The molecule has 12 aromatic carbocycles. The first-order valence-electron chi connectivity index (χ1n) is 21.6. The third-order valence-electron chi connectivity index (χ3n) is 13.3. The maximum Gasteiger partial charge on any atom is -0.00201 e. The van der Waals surface area contributed by atoms with Crippen LogP contribution in [0.4, 0.5) is 0 Å². The van der Waals surface area contributed by atoms with Gasteiger partial charge in [-0.1, -0.05) is 188 Å². The lowest BCUT2D eigenvalue weighted by Crippen LogP contribution is -1.86. The van der Waals surface area contributed by atoms with Crippen LogP contribution in [0, 0.1) is 0 Å². The maximum atomic E-state index is 2.35. The predicted molar refractivity (Wildman–Crippen MR) is 266 cm³/mol. The zero-order valence-electron chi connectivity index (χ0n) is 33.9. The van der Waals surface area contributed by atoms with Crippen LogP contribution < -0.4 is 0 Å². The lowest BCUT2D eigenvalue weighted by molar-refractivity contribution is 1.61. The Hall–Kier alpha value is -8.06. The minimum atomic E-state index is 1.22. The molecule has 0 saturated carbocycles. The molecule has 0 bridgehead atoms. The van der Waals surface area contributed by atoms with Gasteiger partial charge in [0.1, 0.15) is 0 Å². The molecule has 0 fully saturated rings. The van der Waals surface area contributed by atoms with Crippen LogP contribution in [0.25, 0.3) is 132 Å². The number of fused-ring (bicyclic) bond motifs is 8. The zero-order valence-corrected chi connectivity index (χ0v) is 33.9. The second kappa shape index (κ2) is 13.7. The van der Waals surface area contributed by atoms with E-state index >= 15 is 0 Å². The quantitative estimate of drug-likeness (QED) is 0.153. The summed E-state index contributed by atoms with van der Waals surface area (Å²) in [5.74, 6) is 0. The molecule has 12 aromatic rings. The van der Waals surface area contributed by atoms with Crippen LogP contribution in [0.5, 0.6) is 0 Å². The SMILES string of the molecule is c1cc(-c2ccc3cc(-c4ccc5cc(-c6cccc(-c7cc8ccccc8c8ccccc78)c6)ccc5c4)ccc3c2)cc(-c2ccc3c4c(cccc24)-c2ccccc2-3)c1. The molecule has 1 aliphatic rings. The van der Waals surface area contributed by atoms with Crippen LogP contribution in [0.2, 0.25) is 0 Å². The molecule has 0 saturated heterocycles. The first-order valence-corrected chi connectivity index (χ1v) is 21.6. The van der Waals surface area contributed by atoms with Crippen molar-refractivity contribution in [1.29, 1.82) is 0 Å². The summed E-state index contributed by atoms with van der Waals surface area (Å²) in [6.45, 7) is 0. The molecular weight excluding hydrogens is 745 g/mol. The third-order valence-corrected chi connectivity index (χ3v) is 13.3. The molecule has 0 radical (unpaired) electrons. The van der Waals surface area contributed by atoms with E-state index in [4.69, 9.17) is 0 Å². The minimum Gasteiger partial charge on any atom is -0.0616 e. The summed E-state index contributed by atoms with van der Waals surface area (Å²) >= 11 is 0. The van der Waals surface area contributed by atoms with Crippen molar-refractivity contribution in [2.24, 2.45) is 0 Å². The molecule has 62 heavy (non-hydrogen) atoms. The van der Waals surface area contributed by atoms with E-state index < -0.39 is 0 Å². The highest BCUT2D eigenvalue weighted by atomic mass is 14.3. The van der Waals surface area contributed by atoms with Gasteiger partial charge in [0.2, 0.25) is 0 Å². The highest BCUT2D eigenvalue weighted by Crippen LogP contribution is 2.49.